The van der Waals surface area contributed by atoms with Crippen LogP contribution >= 0.6 is 11.3 Å². The number of nitrogens with zero attached hydrogens (tertiary/aromatic N) is 4. The molecule has 0 bridgehead atoms. The minimum Gasteiger partial charge on any atom is -0.456 e. The molecule has 0 saturated heterocycles. The summed E-state index contributed by atoms with van der Waals surface area (Å²) < 4.78 is 9.16. The van der Waals surface area contributed by atoms with Gasteiger partial charge in [-0.25, -0.2) is 19.9 Å². The average Bonchev–Trinajstić information content (AvgIpc) is 1.65. The Balaban J connectivity index is 0.565. The zero-order chi connectivity index (χ0) is 62.1. The fraction of sp³-hybridized carbons (Fsp3) is 0. The number of hydrogen-bond donors (Lipinski definition) is 0. The van der Waals surface area contributed by atoms with Crippen LogP contribution in [0.4, 0.5) is 0 Å². The van der Waals surface area contributed by atoms with Crippen molar-refractivity contribution >= 4 is 75.0 Å². The largest absolute Gasteiger partial charge is 0.456 e. The van der Waals surface area contributed by atoms with Crippen molar-refractivity contribution in [2.75, 3.05) is 0 Å². The van der Waals surface area contributed by atoms with E-state index in [0.29, 0.717) is 5.82 Å². The van der Waals surface area contributed by atoms with E-state index in [1.807, 2.05) is 53.8 Å². The predicted octanol–water partition coefficient (Wildman–Crippen LogP) is 24.2. The number of fused-ring (bicyclic) bond motifs is 9. The minimum atomic E-state index is 0.668. The van der Waals surface area contributed by atoms with Crippen LogP contribution in [0, 0.1) is 0 Å². The molecule has 6 heteroatoms. The number of rotatable bonds is 11. The first-order valence-corrected chi connectivity index (χ1v) is 32.5. The lowest BCUT2D eigenvalue weighted by atomic mass is 9.96. The summed E-state index contributed by atoms with van der Waals surface area (Å²) in [5, 5.41) is 9.66. The molecule has 0 atom stereocenters. The third-order valence-corrected chi connectivity index (χ3v) is 19.5. The Morgan fingerprint density at radius 1 is 0.191 bits per heavy atom. The van der Waals surface area contributed by atoms with Gasteiger partial charge in [0, 0.05) is 64.3 Å². The molecule has 0 radical (unpaired) electrons. The Morgan fingerprint density at radius 3 is 1.00 bits per heavy atom. The standard InChI is InChI=1S/C88H54N4OS/c1-4-13-63(14-5-1)79-53-82(92-87(89-79)65-15-6-2-7-16-65)72-42-47-78-77-46-40-69(51-85(77)94-86(78)52-72)61-30-28-59(29-31-61)57-22-20-55(21-23-57)56-24-26-58(27-25-56)60-32-35-64(36-33-60)80-54-81(91-88(90-80)66-17-8-3-9-18-66)71-41-45-76-75-44-39-68(49-83(75)93-84(76)50-71)67-38-43-74-70(48-67)37-34-62-12-10-11-19-73(62)74/h1-54H. The third-order valence-electron chi connectivity index (χ3n) is 18.4. The zero-order valence-corrected chi connectivity index (χ0v) is 51.6. The van der Waals surface area contributed by atoms with E-state index in [1.54, 1.807) is 0 Å². The Kier molecular flexibility index (Phi) is 13.3. The van der Waals surface area contributed by atoms with E-state index in [2.05, 4.69) is 285 Å². The number of furan rings is 1. The highest BCUT2D eigenvalue weighted by molar-refractivity contribution is 7.25. The molecule has 18 rings (SSSR count). The molecule has 0 fully saturated rings. The van der Waals surface area contributed by atoms with E-state index in [9.17, 15) is 0 Å². The van der Waals surface area contributed by atoms with Crippen LogP contribution in [0.1, 0.15) is 0 Å². The second kappa shape index (κ2) is 22.9. The van der Waals surface area contributed by atoms with E-state index in [4.69, 9.17) is 24.4 Å². The molecule has 0 N–H and O–H groups in total. The first-order valence-electron chi connectivity index (χ1n) is 31.7. The molecule has 94 heavy (non-hydrogen) atoms. The third kappa shape index (κ3) is 10.2. The second-order valence-corrected chi connectivity index (χ2v) is 25.2. The molecular weight excluding hydrogens is 1160 g/mol. The highest BCUT2D eigenvalue weighted by Gasteiger charge is 2.18. The molecule has 0 amide bonds. The highest BCUT2D eigenvalue weighted by atomic mass is 32.1. The number of aromatic nitrogens is 4. The van der Waals surface area contributed by atoms with Gasteiger partial charge >= 0.3 is 0 Å². The second-order valence-electron chi connectivity index (χ2n) is 24.1. The predicted molar refractivity (Wildman–Crippen MR) is 393 cm³/mol. The zero-order valence-electron chi connectivity index (χ0n) is 50.8. The van der Waals surface area contributed by atoms with Crippen molar-refractivity contribution in [1.82, 2.24) is 19.9 Å². The summed E-state index contributed by atoms with van der Waals surface area (Å²) in [5.41, 5.74) is 22.8. The van der Waals surface area contributed by atoms with Gasteiger partial charge in [0.15, 0.2) is 11.6 Å². The fourth-order valence-corrected chi connectivity index (χ4v) is 14.5. The quantitative estimate of drug-likeness (QED) is 0.121. The summed E-state index contributed by atoms with van der Waals surface area (Å²) in [4.78, 5) is 20.4. The van der Waals surface area contributed by atoms with Crippen molar-refractivity contribution in [2.24, 2.45) is 0 Å². The van der Waals surface area contributed by atoms with Gasteiger partial charge < -0.3 is 4.42 Å². The molecule has 0 saturated carbocycles. The van der Waals surface area contributed by atoms with Crippen LogP contribution < -0.4 is 0 Å². The van der Waals surface area contributed by atoms with Crippen molar-refractivity contribution in [1.29, 1.82) is 0 Å². The maximum absolute atomic E-state index is 6.67. The van der Waals surface area contributed by atoms with Crippen LogP contribution in [-0.4, -0.2) is 19.9 Å². The summed E-state index contributed by atoms with van der Waals surface area (Å²) >= 11 is 1.83. The molecule has 438 valence electrons. The lowest BCUT2D eigenvalue weighted by molar-refractivity contribution is 0.669. The summed E-state index contributed by atoms with van der Waals surface area (Å²) in [6, 6.07) is 117. The maximum Gasteiger partial charge on any atom is 0.160 e. The monoisotopic (exact) mass is 1210 g/mol. The number of thiophene rings is 1. The molecule has 0 unspecified atom stereocenters. The molecule has 5 nitrogen and oxygen atoms in total. The summed E-state index contributed by atoms with van der Waals surface area (Å²) in [7, 11) is 0. The molecule has 0 spiro atoms. The minimum absolute atomic E-state index is 0.668. The lowest BCUT2D eigenvalue weighted by Gasteiger charge is -2.11. The fourth-order valence-electron chi connectivity index (χ4n) is 13.4. The average molecular weight is 1220 g/mol. The van der Waals surface area contributed by atoms with Crippen LogP contribution in [0.5, 0.6) is 0 Å². The smallest absolute Gasteiger partial charge is 0.160 e. The molecule has 0 aliphatic rings. The van der Waals surface area contributed by atoms with Crippen LogP contribution in [0.25, 0.3) is 187 Å². The molecule has 4 heterocycles. The number of benzene rings is 14. The summed E-state index contributed by atoms with van der Waals surface area (Å²) in [6.07, 6.45) is 0. The summed E-state index contributed by atoms with van der Waals surface area (Å²) in [5.74, 6) is 1.39. The van der Waals surface area contributed by atoms with Gasteiger partial charge in [0.05, 0.1) is 22.8 Å². The van der Waals surface area contributed by atoms with Crippen molar-refractivity contribution in [3.05, 3.63) is 328 Å². The molecule has 18 aromatic rings. The molecule has 0 aliphatic carbocycles. The van der Waals surface area contributed by atoms with Crippen molar-refractivity contribution in [3.8, 4) is 123 Å². The SMILES string of the molecule is c1ccc(-c2cc(-c3ccc4c(c3)sc3cc(-c5ccc(-c6ccc(-c7ccc(-c8ccc(-c9cc(-c%10ccc%11c(c%10)oc%10cc(-c%12ccc%13c(ccc%14ccccc%14%13)c%12)ccc%10%11)nc(-c%10ccccc%10)n9)cc8)cc7)cc6)cc5)ccc34)nc(-c3ccccc3)n2)cc1. The highest BCUT2D eigenvalue weighted by Crippen LogP contribution is 2.42. The van der Waals surface area contributed by atoms with Crippen molar-refractivity contribution in [2.45, 2.75) is 0 Å². The molecule has 14 aromatic carbocycles. The van der Waals surface area contributed by atoms with Gasteiger partial charge in [-0.15, -0.1) is 11.3 Å². The van der Waals surface area contributed by atoms with Crippen LogP contribution in [0.2, 0.25) is 0 Å². The van der Waals surface area contributed by atoms with Crippen LogP contribution in [0.3, 0.4) is 0 Å². The topological polar surface area (TPSA) is 64.7 Å². The van der Waals surface area contributed by atoms with Crippen LogP contribution in [-0.2, 0) is 0 Å². The normalized spacial score (nSPS) is 11.6. The van der Waals surface area contributed by atoms with Gasteiger partial charge in [0.2, 0.25) is 0 Å². The van der Waals surface area contributed by atoms with Gasteiger partial charge in [0.25, 0.3) is 0 Å². The van der Waals surface area contributed by atoms with E-state index in [0.717, 1.165) is 106 Å². The van der Waals surface area contributed by atoms with Crippen molar-refractivity contribution < 1.29 is 4.42 Å². The molecule has 0 aliphatic heterocycles. The van der Waals surface area contributed by atoms with E-state index in [1.165, 1.54) is 75.1 Å². The first-order chi connectivity index (χ1) is 46.5. The number of hydrogen-bond acceptors (Lipinski definition) is 6. The van der Waals surface area contributed by atoms with Gasteiger partial charge in [-0.1, -0.05) is 273 Å². The molecule has 4 aromatic heterocycles. The van der Waals surface area contributed by atoms with Gasteiger partial charge in [-0.2, -0.15) is 0 Å². The van der Waals surface area contributed by atoms with Gasteiger partial charge in [-0.05, 0) is 132 Å². The van der Waals surface area contributed by atoms with E-state index in [-0.39, 0.29) is 0 Å². The Labute approximate surface area is 546 Å². The Bertz CT molecular complexity index is 5870. The van der Waals surface area contributed by atoms with Crippen molar-refractivity contribution in [3.63, 3.8) is 0 Å². The lowest BCUT2D eigenvalue weighted by Crippen LogP contribution is -1.96. The first kappa shape index (κ1) is 54.7. The van der Waals surface area contributed by atoms with Gasteiger partial charge in [-0.3, -0.25) is 0 Å². The summed E-state index contributed by atoms with van der Waals surface area (Å²) in [6.45, 7) is 0. The molecular formula is C88H54N4OS. The van der Waals surface area contributed by atoms with E-state index < -0.39 is 0 Å². The maximum atomic E-state index is 6.67. The van der Waals surface area contributed by atoms with Crippen LogP contribution in [0.15, 0.2) is 332 Å². The Hall–Kier alpha value is -12.2. The van der Waals surface area contributed by atoms with E-state index >= 15 is 0 Å². The Morgan fingerprint density at radius 2 is 0.500 bits per heavy atom. The van der Waals surface area contributed by atoms with Gasteiger partial charge in [0.1, 0.15) is 11.2 Å².